The second kappa shape index (κ2) is 4.67. The summed E-state index contributed by atoms with van der Waals surface area (Å²) in [4.78, 5) is 0. The molecule has 0 heterocycles. The SMILES string of the molecule is Cc1ccc(C(C)(C)C)cc1C(O)CBr. The minimum absolute atomic E-state index is 0.133. The lowest BCUT2D eigenvalue weighted by molar-refractivity contribution is 0.204. The molecule has 0 saturated carbocycles. The first-order valence-electron chi connectivity index (χ1n) is 5.21. The smallest absolute Gasteiger partial charge is 0.0889 e. The number of aryl methyl sites for hydroxylation is 1. The molecule has 0 amide bonds. The minimum Gasteiger partial charge on any atom is -0.388 e. The fourth-order valence-corrected chi connectivity index (χ4v) is 1.90. The quantitative estimate of drug-likeness (QED) is 0.813. The van der Waals surface area contributed by atoms with Crippen LogP contribution in [-0.4, -0.2) is 10.4 Å². The van der Waals surface area contributed by atoms with Crippen LogP contribution in [0.2, 0.25) is 0 Å². The van der Waals surface area contributed by atoms with Crippen LogP contribution in [0.15, 0.2) is 18.2 Å². The summed E-state index contributed by atoms with van der Waals surface area (Å²) in [5.74, 6) is 0. The fourth-order valence-electron chi connectivity index (χ4n) is 1.55. The number of alkyl halides is 1. The Balaban J connectivity index is 3.17. The second-order valence-electron chi connectivity index (χ2n) is 4.99. The van der Waals surface area contributed by atoms with E-state index < -0.39 is 6.10 Å². The van der Waals surface area contributed by atoms with Gasteiger partial charge in [0.25, 0.3) is 0 Å². The Bertz CT molecular complexity index is 339. The van der Waals surface area contributed by atoms with Crippen molar-refractivity contribution in [3.63, 3.8) is 0 Å². The third-order valence-electron chi connectivity index (χ3n) is 2.65. The number of rotatable bonds is 2. The van der Waals surface area contributed by atoms with Gasteiger partial charge >= 0.3 is 0 Å². The molecule has 0 aliphatic rings. The lowest BCUT2D eigenvalue weighted by Crippen LogP contribution is -2.13. The molecule has 0 radical (unpaired) electrons. The first kappa shape index (κ1) is 12.7. The number of hydrogen-bond acceptors (Lipinski definition) is 1. The van der Waals surface area contributed by atoms with Crippen molar-refractivity contribution >= 4 is 15.9 Å². The molecule has 84 valence electrons. The van der Waals surface area contributed by atoms with Crippen molar-refractivity contribution < 1.29 is 5.11 Å². The molecule has 1 aromatic carbocycles. The Hall–Kier alpha value is -0.340. The van der Waals surface area contributed by atoms with Gasteiger partial charge in [0.05, 0.1) is 6.10 Å². The lowest BCUT2D eigenvalue weighted by Gasteiger charge is -2.22. The number of halogens is 1. The van der Waals surface area contributed by atoms with Crippen molar-refractivity contribution in [2.24, 2.45) is 0 Å². The minimum atomic E-state index is -0.410. The van der Waals surface area contributed by atoms with Crippen LogP contribution in [0.3, 0.4) is 0 Å². The van der Waals surface area contributed by atoms with Gasteiger partial charge in [0.1, 0.15) is 0 Å². The highest BCUT2D eigenvalue weighted by Gasteiger charge is 2.17. The van der Waals surface area contributed by atoms with Crippen molar-refractivity contribution in [1.29, 1.82) is 0 Å². The number of benzene rings is 1. The summed E-state index contributed by atoms with van der Waals surface area (Å²) in [5, 5.41) is 10.4. The highest BCUT2D eigenvalue weighted by atomic mass is 79.9. The van der Waals surface area contributed by atoms with Crippen LogP contribution < -0.4 is 0 Å². The average molecular weight is 271 g/mol. The summed E-state index contributed by atoms with van der Waals surface area (Å²) >= 11 is 3.31. The van der Waals surface area contributed by atoms with E-state index in [9.17, 15) is 5.11 Å². The average Bonchev–Trinajstić information content (AvgIpc) is 2.15. The predicted molar refractivity (Wildman–Crippen MR) is 68.6 cm³/mol. The maximum Gasteiger partial charge on any atom is 0.0889 e. The van der Waals surface area contributed by atoms with Crippen molar-refractivity contribution in [2.45, 2.75) is 39.2 Å². The van der Waals surface area contributed by atoms with E-state index >= 15 is 0 Å². The van der Waals surface area contributed by atoms with E-state index in [0.29, 0.717) is 5.33 Å². The van der Waals surface area contributed by atoms with Gasteiger partial charge in [-0.25, -0.2) is 0 Å². The van der Waals surface area contributed by atoms with Crippen LogP contribution in [0.25, 0.3) is 0 Å². The van der Waals surface area contributed by atoms with Gasteiger partial charge in [-0.2, -0.15) is 0 Å². The van der Waals surface area contributed by atoms with E-state index in [1.165, 1.54) is 5.56 Å². The van der Waals surface area contributed by atoms with Crippen LogP contribution in [0.5, 0.6) is 0 Å². The number of aliphatic hydroxyl groups excluding tert-OH is 1. The fraction of sp³-hybridized carbons (Fsp3) is 0.538. The molecule has 1 atom stereocenters. The van der Waals surface area contributed by atoms with Gasteiger partial charge in [0, 0.05) is 5.33 Å². The molecule has 0 spiro atoms. The molecule has 1 unspecified atom stereocenters. The lowest BCUT2D eigenvalue weighted by atomic mass is 9.84. The van der Waals surface area contributed by atoms with Crippen molar-refractivity contribution in [3.8, 4) is 0 Å². The maximum atomic E-state index is 9.85. The van der Waals surface area contributed by atoms with Gasteiger partial charge in [0.2, 0.25) is 0 Å². The van der Waals surface area contributed by atoms with E-state index in [-0.39, 0.29) is 5.41 Å². The van der Waals surface area contributed by atoms with E-state index in [1.54, 1.807) is 0 Å². The molecular formula is C13H19BrO. The van der Waals surface area contributed by atoms with Crippen LogP contribution in [0.1, 0.15) is 43.6 Å². The molecule has 0 aliphatic carbocycles. The Morgan fingerprint density at radius 1 is 1.33 bits per heavy atom. The summed E-state index contributed by atoms with van der Waals surface area (Å²) in [7, 11) is 0. The standard InChI is InChI=1S/C13H19BrO/c1-9-5-6-10(13(2,3)4)7-11(9)12(15)8-14/h5-7,12,15H,8H2,1-4H3. The molecule has 0 aromatic heterocycles. The Kier molecular flexibility index (Phi) is 3.96. The maximum absolute atomic E-state index is 9.85. The number of hydrogen-bond donors (Lipinski definition) is 1. The molecule has 1 N–H and O–H groups in total. The van der Waals surface area contributed by atoms with E-state index in [4.69, 9.17) is 0 Å². The molecular weight excluding hydrogens is 252 g/mol. The predicted octanol–water partition coefficient (Wildman–Crippen LogP) is 3.72. The van der Waals surface area contributed by atoms with Gasteiger partial charge in [-0.05, 0) is 29.0 Å². The molecule has 0 aliphatic heterocycles. The van der Waals surface area contributed by atoms with Gasteiger partial charge in [0.15, 0.2) is 0 Å². The Morgan fingerprint density at radius 2 is 1.93 bits per heavy atom. The summed E-state index contributed by atoms with van der Waals surface area (Å²) < 4.78 is 0. The first-order valence-corrected chi connectivity index (χ1v) is 6.33. The summed E-state index contributed by atoms with van der Waals surface area (Å²) in [6, 6.07) is 6.34. The van der Waals surface area contributed by atoms with Crippen LogP contribution in [-0.2, 0) is 5.41 Å². The Morgan fingerprint density at radius 3 is 2.40 bits per heavy atom. The molecule has 2 heteroatoms. The molecule has 0 bridgehead atoms. The van der Waals surface area contributed by atoms with Crippen molar-refractivity contribution in [1.82, 2.24) is 0 Å². The van der Waals surface area contributed by atoms with Crippen LogP contribution in [0, 0.1) is 6.92 Å². The van der Waals surface area contributed by atoms with Crippen molar-refractivity contribution in [2.75, 3.05) is 5.33 Å². The second-order valence-corrected chi connectivity index (χ2v) is 5.64. The highest BCUT2D eigenvalue weighted by molar-refractivity contribution is 9.09. The molecule has 1 aromatic rings. The molecule has 0 saturated heterocycles. The van der Waals surface area contributed by atoms with Gasteiger partial charge < -0.3 is 5.11 Å². The molecule has 0 fully saturated rings. The molecule has 1 rings (SSSR count). The third kappa shape index (κ3) is 3.05. The third-order valence-corrected chi connectivity index (χ3v) is 3.26. The first-order chi connectivity index (χ1) is 6.86. The number of aliphatic hydroxyl groups is 1. The Labute approximate surface area is 101 Å². The highest BCUT2D eigenvalue weighted by Crippen LogP contribution is 2.27. The largest absolute Gasteiger partial charge is 0.388 e. The zero-order chi connectivity index (χ0) is 11.6. The van der Waals surface area contributed by atoms with E-state index in [0.717, 1.165) is 11.1 Å². The van der Waals surface area contributed by atoms with Crippen LogP contribution >= 0.6 is 15.9 Å². The zero-order valence-electron chi connectivity index (χ0n) is 9.84. The summed E-state index contributed by atoms with van der Waals surface area (Å²) in [5.41, 5.74) is 3.58. The summed E-state index contributed by atoms with van der Waals surface area (Å²) in [6.45, 7) is 8.58. The monoisotopic (exact) mass is 270 g/mol. The molecule has 1 nitrogen and oxygen atoms in total. The van der Waals surface area contributed by atoms with Gasteiger partial charge in [-0.1, -0.05) is 54.9 Å². The van der Waals surface area contributed by atoms with E-state index in [2.05, 4.69) is 54.9 Å². The van der Waals surface area contributed by atoms with Gasteiger partial charge in [-0.15, -0.1) is 0 Å². The van der Waals surface area contributed by atoms with Gasteiger partial charge in [-0.3, -0.25) is 0 Å². The normalized spacial score (nSPS) is 14.0. The topological polar surface area (TPSA) is 20.2 Å². The summed E-state index contributed by atoms with van der Waals surface area (Å²) in [6.07, 6.45) is -0.410. The van der Waals surface area contributed by atoms with Crippen molar-refractivity contribution in [3.05, 3.63) is 34.9 Å². The van der Waals surface area contributed by atoms with E-state index in [1.807, 2.05) is 6.92 Å². The zero-order valence-corrected chi connectivity index (χ0v) is 11.4. The molecule has 15 heavy (non-hydrogen) atoms. The van der Waals surface area contributed by atoms with Crippen LogP contribution in [0.4, 0.5) is 0 Å².